The molecule has 1 heterocycles. The molecule has 0 fully saturated rings. The van der Waals surface area contributed by atoms with Crippen molar-refractivity contribution in [1.29, 1.82) is 5.26 Å². The molecule has 0 saturated heterocycles. The monoisotopic (exact) mass is 217 g/mol. The van der Waals surface area contributed by atoms with Crippen LogP contribution in [0.3, 0.4) is 0 Å². The van der Waals surface area contributed by atoms with E-state index in [1.54, 1.807) is 13.0 Å². The van der Waals surface area contributed by atoms with Crippen molar-refractivity contribution in [2.75, 3.05) is 5.94 Å². The molecule has 4 nitrogen and oxygen atoms in total. The number of hydrogen-bond acceptors (Lipinski definition) is 5. The van der Waals surface area contributed by atoms with Gasteiger partial charge in [0, 0.05) is 10.3 Å². The van der Waals surface area contributed by atoms with Gasteiger partial charge in [-0.3, -0.25) is 0 Å². The van der Waals surface area contributed by atoms with Gasteiger partial charge in [-0.25, -0.2) is 8.42 Å². The van der Waals surface area contributed by atoms with Gasteiger partial charge in [0.15, 0.2) is 0 Å². The molecule has 0 saturated carbocycles. The Morgan fingerprint density at radius 3 is 2.77 bits per heavy atom. The maximum absolute atomic E-state index is 11.3. The van der Waals surface area contributed by atoms with Gasteiger partial charge < -0.3 is 5.11 Å². The second-order valence-electron chi connectivity index (χ2n) is 2.39. The standard InChI is InChI=1S/C7H7NO3S2/c1-5-7(13(10,11)4-9)6(2-8)3-12-5/h3,9H,4H2,1H3. The summed E-state index contributed by atoms with van der Waals surface area (Å²) in [6.07, 6.45) is 0. The Morgan fingerprint density at radius 1 is 1.69 bits per heavy atom. The SMILES string of the molecule is Cc1scc(C#N)c1S(=O)(=O)CO. The number of sulfone groups is 1. The number of aryl methyl sites for hydroxylation is 1. The third-order valence-corrected chi connectivity index (χ3v) is 4.05. The van der Waals surface area contributed by atoms with Crippen molar-refractivity contribution < 1.29 is 13.5 Å². The van der Waals surface area contributed by atoms with Crippen LogP contribution >= 0.6 is 11.3 Å². The lowest BCUT2D eigenvalue weighted by Crippen LogP contribution is -2.07. The molecule has 0 aromatic carbocycles. The third kappa shape index (κ3) is 1.72. The zero-order chi connectivity index (χ0) is 10.1. The number of aliphatic hydroxyl groups excluding tert-OH is 1. The largest absolute Gasteiger partial charge is 0.380 e. The van der Waals surface area contributed by atoms with Gasteiger partial charge in [-0.2, -0.15) is 5.26 Å². The van der Waals surface area contributed by atoms with Gasteiger partial charge in [0.05, 0.1) is 5.56 Å². The van der Waals surface area contributed by atoms with Gasteiger partial charge in [-0.05, 0) is 6.92 Å². The molecule has 1 N–H and O–H groups in total. The first-order chi connectivity index (χ1) is 6.03. The average molecular weight is 217 g/mol. The number of aliphatic hydroxyl groups is 1. The Kier molecular flexibility index (Phi) is 2.71. The highest BCUT2D eigenvalue weighted by atomic mass is 32.2. The summed E-state index contributed by atoms with van der Waals surface area (Å²) >= 11 is 1.19. The highest BCUT2D eigenvalue weighted by molar-refractivity contribution is 7.91. The lowest BCUT2D eigenvalue weighted by atomic mass is 10.3. The van der Waals surface area contributed by atoms with Crippen LogP contribution in [-0.4, -0.2) is 19.5 Å². The normalized spacial score (nSPS) is 11.2. The molecule has 1 aromatic rings. The second kappa shape index (κ2) is 3.46. The third-order valence-electron chi connectivity index (χ3n) is 1.52. The first kappa shape index (κ1) is 10.2. The molecule has 0 aliphatic heterocycles. The van der Waals surface area contributed by atoms with Crippen LogP contribution in [0.2, 0.25) is 0 Å². The minimum absolute atomic E-state index is 0.0394. The Balaban J connectivity index is 3.46. The summed E-state index contributed by atoms with van der Waals surface area (Å²) in [5, 5.41) is 18.7. The van der Waals surface area contributed by atoms with Crippen LogP contribution in [-0.2, 0) is 9.84 Å². The van der Waals surface area contributed by atoms with E-state index in [0.717, 1.165) is 0 Å². The van der Waals surface area contributed by atoms with Crippen LogP contribution in [0.4, 0.5) is 0 Å². The van der Waals surface area contributed by atoms with E-state index in [2.05, 4.69) is 0 Å². The lowest BCUT2D eigenvalue weighted by Gasteiger charge is -1.98. The summed E-state index contributed by atoms with van der Waals surface area (Å²) in [7, 11) is -3.68. The molecule has 0 aliphatic rings. The van der Waals surface area contributed by atoms with E-state index in [1.165, 1.54) is 16.7 Å². The van der Waals surface area contributed by atoms with Gasteiger partial charge in [0.25, 0.3) is 0 Å². The van der Waals surface area contributed by atoms with E-state index in [0.29, 0.717) is 4.88 Å². The van der Waals surface area contributed by atoms with Crippen molar-refractivity contribution in [3.05, 3.63) is 15.8 Å². The summed E-state index contributed by atoms with van der Waals surface area (Å²) in [5.41, 5.74) is 0.108. The van der Waals surface area contributed by atoms with Crippen molar-refractivity contribution in [3.8, 4) is 6.07 Å². The first-order valence-electron chi connectivity index (χ1n) is 3.34. The maximum Gasteiger partial charge on any atom is 0.204 e. The molecule has 0 radical (unpaired) electrons. The van der Waals surface area contributed by atoms with Crippen molar-refractivity contribution >= 4 is 21.2 Å². The van der Waals surface area contributed by atoms with Crippen LogP contribution in [0, 0.1) is 18.3 Å². The molecule has 70 valence electrons. The molecule has 0 aliphatic carbocycles. The zero-order valence-corrected chi connectivity index (χ0v) is 8.44. The van der Waals surface area contributed by atoms with Gasteiger partial charge in [-0.1, -0.05) is 0 Å². The lowest BCUT2D eigenvalue weighted by molar-refractivity contribution is 0.358. The Hall–Kier alpha value is -0.900. The fourth-order valence-electron chi connectivity index (χ4n) is 0.972. The second-order valence-corrected chi connectivity index (χ2v) is 5.37. The molecule has 1 aromatic heterocycles. The maximum atomic E-state index is 11.3. The van der Waals surface area contributed by atoms with E-state index in [4.69, 9.17) is 10.4 Å². The van der Waals surface area contributed by atoms with E-state index in [9.17, 15) is 8.42 Å². The van der Waals surface area contributed by atoms with Crippen molar-refractivity contribution in [1.82, 2.24) is 0 Å². The van der Waals surface area contributed by atoms with Crippen LogP contribution in [0.15, 0.2) is 10.3 Å². The minimum atomic E-state index is -3.68. The van der Waals surface area contributed by atoms with Gasteiger partial charge in [-0.15, -0.1) is 11.3 Å². The molecule has 0 bridgehead atoms. The highest BCUT2D eigenvalue weighted by Crippen LogP contribution is 2.26. The molecule has 13 heavy (non-hydrogen) atoms. The van der Waals surface area contributed by atoms with Crippen molar-refractivity contribution in [2.24, 2.45) is 0 Å². The average Bonchev–Trinajstić information content (AvgIpc) is 2.47. The van der Waals surface area contributed by atoms with Gasteiger partial charge in [0.1, 0.15) is 16.9 Å². The van der Waals surface area contributed by atoms with Crippen molar-refractivity contribution in [3.63, 3.8) is 0 Å². The molecular formula is C7H7NO3S2. The number of hydrogen-bond donors (Lipinski definition) is 1. The van der Waals surface area contributed by atoms with Crippen LogP contribution in [0.1, 0.15) is 10.4 Å². The van der Waals surface area contributed by atoms with E-state index in [1.807, 2.05) is 0 Å². The molecule has 6 heteroatoms. The van der Waals surface area contributed by atoms with Gasteiger partial charge >= 0.3 is 0 Å². The summed E-state index contributed by atoms with van der Waals surface area (Å²) in [6, 6.07) is 1.78. The summed E-state index contributed by atoms with van der Waals surface area (Å²) in [4.78, 5) is 0.494. The quantitative estimate of drug-likeness (QED) is 0.789. The molecule has 0 spiro atoms. The van der Waals surface area contributed by atoms with Crippen molar-refractivity contribution in [2.45, 2.75) is 11.8 Å². The number of nitriles is 1. The fourth-order valence-corrected chi connectivity index (χ4v) is 3.26. The van der Waals surface area contributed by atoms with E-state index in [-0.39, 0.29) is 10.5 Å². The molecule has 1 rings (SSSR count). The Labute approximate surface area is 80.0 Å². The Morgan fingerprint density at radius 2 is 2.31 bits per heavy atom. The fraction of sp³-hybridized carbons (Fsp3) is 0.286. The molecule has 0 amide bonds. The van der Waals surface area contributed by atoms with E-state index >= 15 is 0 Å². The zero-order valence-electron chi connectivity index (χ0n) is 6.81. The first-order valence-corrected chi connectivity index (χ1v) is 5.88. The number of rotatable bonds is 2. The van der Waals surface area contributed by atoms with Gasteiger partial charge in [0.2, 0.25) is 9.84 Å². The smallest absolute Gasteiger partial charge is 0.204 e. The van der Waals surface area contributed by atoms with Crippen LogP contribution < -0.4 is 0 Å². The number of nitrogens with zero attached hydrogens (tertiary/aromatic N) is 1. The molecule has 0 atom stereocenters. The molecule has 0 unspecified atom stereocenters. The molecular weight excluding hydrogens is 210 g/mol. The highest BCUT2D eigenvalue weighted by Gasteiger charge is 2.21. The predicted octanol–water partition coefficient (Wildman–Crippen LogP) is 0.652. The van der Waals surface area contributed by atoms with Crippen LogP contribution in [0.25, 0.3) is 0 Å². The minimum Gasteiger partial charge on any atom is -0.380 e. The Bertz CT molecular complexity index is 453. The number of thiophene rings is 1. The summed E-state index contributed by atoms with van der Waals surface area (Å²) < 4.78 is 22.5. The summed E-state index contributed by atoms with van der Waals surface area (Å²) in [6.45, 7) is 1.61. The van der Waals surface area contributed by atoms with E-state index < -0.39 is 15.8 Å². The van der Waals surface area contributed by atoms with Crippen LogP contribution in [0.5, 0.6) is 0 Å². The topological polar surface area (TPSA) is 78.2 Å². The summed E-state index contributed by atoms with van der Waals surface area (Å²) in [5.74, 6) is -0.959. The predicted molar refractivity (Wildman–Crippen MR) is 48.0 cm³/mol.